The third-order valence-corrected chi connectivity index (χ3v) is 7.45. The predicted octanol–water partition coefficient (Wildman–Crippen LogP) is 5.21. The molecule has 30 heavy (non-hydrogen) atoms. The maximum absolute atomic E-state index is 13.2. The largest absolute Gasteiger partial charge is 0.324 e. The van der Waals surface area contributed by atoms with Gasteiger partial charge in [-0.05, 0) is 60.8 Å². The number of halogens is 1. The molecule has 1 aromatic carbocycles. The van der Waals surface area contributed by atoms with Crippen molar-refractivity contribution in [3.63, 3.8) is 0 Å². The fourth-order valence-electron chi connectivity index (χ4n) is 4.13. The van der Waals surface area contributed by atoms with Gasteiger partial charge in [0.25, 0.3) is 5.56 Å². The summed E-state index contributed by atoms with van der Waals surface area (Å²) in [5, 5.41) is 4.09. The zero-order valence-electron chi connectivity index (χ0n) is 17.7. The molecular formula is C23H26ClN3O2S. The van der Waals surface area contributed by atoms with Crippen LogP contribution in [-0.2, 0) is 24.2 Å². The summed E-state index contributed by atoms with van der Waals surface area (Å²) in [5.41, 5.74) is 2.81. The zero-order chi connectivity index (χ0) is 21.6. The molecule has 7 heteroatoms. The molecule has 2 aromatic heterocycles. The molecule has 1 atom stereocenters. The topological polar surface area (TPSA) is 64.0 Å². The third-order valence-electron chi connectivity index (χ3n) is 6.05. The highest BCUT2D eigenvalue weighted by Gasteiger charge is 2.31. The summed E-state index contributed by atoms with van der Waals surface area (Å²) in [5.74, 6) is 0.326. The summed E-state index contributed by atoms with van der Waals surface area (Å²) in [7, 11) is 0. The van der Waals surface area contributed by atoms with Gasteiger partial charge in [-0.2, -0.15) is 0 Å². The number of fused-ring (bicyclic) bond motifs is 3. The van der Waals surface area contributed by atoms with E-state index in [1.165, 1.54) is 15.8 Å². The highest BCUT2D eigenvalue weighted by Crippen LogP contribution is 2.41. The minimum absolute atomic E-state index is 0.0804. The number of nitrogens with zero attached hydrogens (tertiary/aromatic N) is 2. The molecule has 1 unspecified atom stereocenters. The second-order valence-electron chi connectivity index (χ2n) is 9.17. The maximum atomic E-state index is 13.2. The van der Waals surface area contributed by atoms with E-state index in [4.69, 9.17) is 11.6 Å². The van der Waals surface area contributed by atoms with E-state index >= 15 is 0 Å². The number of thiophene rings is 1. The lowest BCUT2D eigenvalue weighted by Gasteiger charge is -2.33. The SMILES string of the molecule is Cc1ccc(Cl)cc1NC(=O)Cn1cnc2sc3c(c2c1=O)CCC(C(C)(C)C)C3. The summed E-state index contributed by atoms with van der Waals surface area (Å²) in [4.78, 5) is 32.3. The van der Waals surface area contributed by atoms with E-state index in [9.17, 15) is 9.59 Å². The quantitative estimate of drug-likeness (QED) is 0.604. The average molecular weight is 444 g/mol. The van der Waals surface area contributed by atoms with Gasteiger partial charge in [0.2, 0.25) is 5.91 Å². The van der Waals surface area contributed by atoms with Gasteiger partial charge in [-0.1, -0.05) is 38.4 Å². The molecule has 0 saturated carbocycles. The van der Waals surface area contributed by atoms with Crippen molar-refractivity contribution < 1.29 is 4.79 Å². The van der Waals surface area contributed by atoms with Crippen molar-refractivity contribution in [2.45, 2.75) is 53.5 Å². The minimum Gasteiger partial charge on any atom is -0.324 e. The molecule has 3 aromatic rings. The lowest BCUT2D eigenvalue weighted by Crippen LogP contribution is -2.29. The Morgan fingerprint density at radius 3 is 2.87 bits per heavy atom. The highest BCUT2D eigenvalue weighted by molar-refractivity contribution is 7.18. The molecule has 1 N–H and O–H groups in total. The highest BCUT2D eigenvalue weighted by atomic mass is 35.5. The van der Waals surface area contributed by atoms with Crippen LogP contribution < -0.4 is 10.9 Å². The van der Waals surface area contributed by atoms with Crippen LogP contribution in [0.5, 0.6) is 0 Å². The van der Waals surface area contributed by atoms with Gasteiger partial charge in [-0.25, -0.2) is 4.98 Å². The van der Waals surface area contributed by atoms with Crippen molar-refractivity contribution >= 4 is 44.7 Å². The maximum Gasteiger partial charge on any atom is 0.262 e. The molecule has 0 aliphatic heterocycles. The van der Waals surface area contributed by atoms with Crippen LogP contribution in [0.3, 0.4) is 0 Å². The van der Waals surface area contributed by atoms with Gasteiger partial charge in [0.15, 0.2) is 0 Å². The molecule has 4 rings (SSSR count). The van der Waals surface area contributed by atoms with Gasteiger partial charge < -0.3 is 5.32 Å². The van der Waals surface area contributed by atoms with Crippen molar-refractivity contribution in [1.82, 2.24) is 9.55 Å². The van der Waals surface area contributed by atoms with Crippen LogP contribution in [0, 0.1) is 18.3 Å². The average Bonchev–Trinajstić information content (AvgIpc) is 3.04. The summed E-state index contributed by atoms with van der Waals surface area (Å²) in [6.07, 6.45) is 4.45. The molecule has 158 valence electrons. The number of aryl methyl sites for hydroxylation is 2. The molecule has 1 aliphatic rings. The monoisotopic (exact) mass is 443 g/mol. The number of aromatic nitrogens is 2. The Kier molecular flexibility index (Phi) is 5.49. The van der Waals surface area contributed by atoms with Crippen LogP contribution in [0.25, 0.3) is 10.2 Å². The van der Waals surface area contributed by atoms with E-state index in [1.807, 2.05) is 13.0 Å². The molecule has 5 nitrogen and oxygen atoms in total. The third kappa shape index (κ3) is 4.03. The summed E-state index contributed by atoms with van der Waals surface area (Å²) >= 11 is 7.66. The zero-order valence-corrected chi connectivity index (χ0v) is 19.3. The van der Waals surface area contributed by atoms with Gasteiger partial charge in [-0.3, -0.25) is 14.2 Å². The lowest BCUT2D eigenvalue weighted by atomic mass is 9.72. The summed E-state index contributed by atoms with van der Waals surface area (Å²) in [6.45, 7) is 8.65. The number of carbonyl (C=O) groups is 1. The molecule has 0 bridgehead atoms. The fraction of sp³-hybridized carbons (Fsp3) is 0.435. The number of carbonyl (C=O) groups excluding carboxylic acids is 1. The molecular weight excluding hydrogens is 418 g/mol. The summed E-state index contributed by atoms with van der Waals surface area (Å²) in [6, 6.07) is 5.33. The Hall–Kier alpha value is -2.18. The number of hydrogen-bond acceptors (Lipinski definition) is 4. The van der Waals surface area contributed by atoms with Gasteiger partial charge in [-0.15, -0.1) is 11.3 Å². The first-order chi connectivity index (χ1) is 14.1. The number of hydrogen-bond donors (Lipinski definition) is 1. The minimum atomic E-state index is -0.277. The Morgan fingerprint density at radius 1 is 1.37 bits per heavy atom. The van der Waals surface area contributed by atoms with E-state index < -0.39 is 0 Å². The Balaban J connectivity index is 1.61. The van der Waals surface area contributed by atoms with Gasteiger partial charge in [0.05, 0.1) is 11.7 Å². The molecule has 1 aliphatic carbocycles. The van der Waals surface area contributed by atoms with Crippen molar-refractivity contribution in [3.8, 4) is 0 Å². The lowest BCUT2D eigenvalue weighted by molar-refractivity contribution is -0.116. The van der Waals surface area contributed by atoms with Crippen LogP contribution >= 0.6 is 22.9 Å². The first-order valence-electron chi connectivity index (χ1n) is 10.2. The van der Waals surface area contributed by atoms with Crippen molar-refractivity contribution in [2.24, 2.45) is 11.3 Å². The van der Waals surface area contributed by atoms with E-state index in [-0.39, 0.29) is 23.4 Å². The van der Waals surface area contributed by atoms with Gasteiger partial charge in [0.1, 0.15) is 11.4 Å². The Morgan fingerprint density at radius 2 is 2.13 bits per heavy atom. The normalized spacial score (nSPS) is 16.5. The van der Waals surface area contributed by atoms with Gasteiger partial charge in [0, 0.05) is 15.6 Å². The van der Waals surface area contributed by atoms with E-state index in [2.05, 4.69) is 31.1 Å². The van der Waals surface area contributed by atoms with Gasteiger partial charge >= 0.3 is 0 Å². The van der Waals surface area contributed by atoms with Crippen LogP contribution in [-0.4, -0.2) is 15.5 Å². The van der Waals surface area contributed by atoms with Crippen molar-refractivity contribution in [1.29, 1.82) is 0 Å². The Labute approximate surface area is 185 Å². The number of amides is 1. The second-order valence-corrected chi connectivity index (χ2v) is 10.7. The predicted molar refractivity (Wildman–Crippen MR) is 124 cm³/mol. The van der Waals surface area contributed by atoms with E-state index in [0.717, 1.165) is 35.2 Å². The molecule has 2 heterocycles. The first kappa shape index (κ1) is 21.1. The molecule has 0 radical (unpaired) electrons. The van der Waals surface area contributed by atoms with E-state index in [0.29, 0.717) is 22.0 Å². The smallest absolute Gasteiger partial charge is 0.262 e. The number of rotatable bonds is 3. The van der Waals surface area contributed by atoms with Crippen LogP contribution in [0.4, 0.5) is 5.69 Å². The molecule has 0 spiro atoms. The standard InChI is InChI=1S/C23H26ClN3O2S/c1-13-5-7-15(24)10-17(13)26-19(28)11-27-12-25-21-20(22(27)29)16-8-6-14(23(2,3)4)9-18(16)30-21/h5,7,10,12,14H,6,8-9,11H2,1-4H3,(H,26,28). The van der Waals surface area contributed by atoms with Crippen LogP contribution in [0.1, 0.15) is 43.2 Å². The number of benzene rings is 1. The van der Waals surface area contributed by atoms with Crippen molar-refractivity contribution in [2.75, 3.05) is 5.32 Å². The Bertz CT molecular complexity index is 1190. The molecule has 1 amide bonds. The van der Waals surface area contributed by atoms with E-state index in [1.54, 1.807) is 23.5 Å². The molecule has 0 saturated heterocycles. The van der Waals surface area contributed by atoms with Crippen molar-refractivity contribution in [3.05, 3.63) is 55.9 Å². The van der Waals surface area contributed by atoms with Crippen LogP contribution in [0.15, 0.2) is 29.3 Å². The van der Waals surface area contributed by atoms with Crippen LogP contribution in [0.2, 0.25) is 5.02 Å². The molecule has 0 fully saturated rings. The first-order valence-corrected chi connectivity index (χ1v) is 11.4. The number of anilines is 1. The number of nitrogens with one attached hydrogen (secondary N) is 1. The second kappa shape index (κ2) is 7.82. The fourth-order valence-corrected chi connectivity index (χ4v) is 5.56. The summed E-state index contributed by atoms with van der Waals surface area (Å²) < 4.78 is 1.40.